The smallest absolute Gasteiger partial charge is 0.330 e. The van der Waals surface area contributed by atoms with Gasteiger partial charge in [0.2, 0.25) is 0 Å². The lowest BCUT2D eigenvalue weighted by atomic mass is 10.0. The molecule has 0 aliphatic carbocycles. The number of hydrogen-bond acceptors (Lipinski definition) is 5. The standard InChI is InChI=1S/C17H22O5/c1-4-20-17(18)8-6-13-5-7-14(19-3)9-16(13)12(2)21-10-15-11-22-15/h5-9,12,15H,4,10-11H2,1-3H3/b8-6+/t12-,15+/m1/s1. The van der Waals surface area contributed by atoms with Gasteiger partial charge in [0.05, 0.1) is 33.0 Å². The van der Waals surface area contributed by atoms with Gasteiger partial charge >= 0.3 is 5.97 Å². The van der Waals surface area contributed by atoms with Gasteiger partial charge in [0.25, 0.3) is 0 Å². The molecule has 0 aromatic heterocycles. The monoisotopic (exact) mass is 306 g/mol. The molecule has 0 radical (unpaired) electrons. The van der Waals surface area contributed by atoms with E-state index in [-0.39, 0.29) is 18.2 Å². The maximum Gasteiger partial charge on any atom is 0.330 e. The quantitative estimate of drug-likeness (QED) is 0.420. The Morgan fingerprint density at radius 1 is 1.50 bits per heavy atom. The summed E-state index contributed by atoms with van der Waals surface area (Å²) in [4.78, 5) is 11.5. The van der Waals surface area contributed by atoms with Crippen molar-refractivity contribution in [1.29, 1.82) is 0 Å². The Morgan fingerprint density at radius 2 is 2.27 bits per heavy atom. The highest BCUT2D eigenvalue weighted by atomic mass is 16.6. The number of rotatable bonds is 8. The zero-order valence-corrected chi connectivity index (χ0v) is 13.2. The highest BCUT2D eigenvalue weighted by Gasteiger charge is 2.24. The maximum absolute atomic E-state index is 11.5. The van der Waals surface area contributed by atoms with Gasteiger partial charge in [-0.1, -0.05) is 6.07 Å². The van der Waals surface area contributed by atoms with Crippen molar-refractivity contribution in [3.8, 4) is 5.75 Å². The van der Waals surface area contributed by atoms with Crippen LogP contribution in [0.4, 0.5) is 0 Å². The lowest BCUT2D eigenvalue weighted by Crippen LogP contribution is -2.08. The van der Waals surface area contributed by atoms with Crippen LogP contribution < -0.4 is 4.74 Å². The number of carbonyl (C=O) groups excluding carboxylic acids is 1. The molecule has 1 aromatic carbocycles. The summed E-state index contributed by atoms with van der Waals surface area (Å²) in [7, 11) is 1.62. The zero-order chi connectivity index (χ0) is 15.9. The van der Waals surface area contributed by atoms with Crippen molar-refractivity contribution in [1.82, 2.24) is 0 Å². The topological polar surface area (TPSA) is 57.3 Å². The number of epoxide rings is 1. The van der Waals surface area contributed by atoms with E-state index in [1.54, 1.807) is 20.1 Å². The Hall–Kier alpha value is -1.85. The molecule has 0 spiro atoms. The molecule has 1 saturated heterocycles. The highest BCUT2D eigenvalue weighted by Crippen LogP contribution is 2.28. The molecule has 1 aromatic rings. The molecule has 1 heterocycles. The third-order valence-corrected chi connectivity index (χ3v) is 3.35. The van der Waals surface area contributed by atoms with Crippen molar-refractivity contribution in [2.24, 2.45) is 0 Å². The van der Waals surface area contributed by atoms with E-state index < -0.39 is 0 Å². The number of hydrogen-bond donors (Lipinski definition) is 0. The van der Waals surface area contributed by atoms with Crippen LogP contribution in [-0.4, -0.2) is 39.0 Å². The third-order valence-electron chi connectivity index (χ3n) is 3.35. The van der Waals surface area contributed by atoms with Crippen LogP contribution in [0.1, 0.15) is 31.1 Å². The lowest BCUT2D eigenvalue weighted by Gasteiger charge is -2.16. The Morgan fingerprint density at radius 3 is 2.91 bits per heavy atom. The molecule has 0 unspecified atom stereocenters. The second-order valence-corrected chi connectivity index (χ2v) is 5.01. The molecule has 1 aliphatic heterocycles. The van der Waals surface area contributed by atoms with E-state index in [1.165, 1.54) is 6.08 Å². The van der Waals surface area contributed by atoms with Gasteiger partial charge in [0.15, 0.2) is 0 Å². The minimum atomic E-state index is -0.357. The average Bonchev–Trinajstić information content (AvgIpc) is 3.35. The van der Waals surface area contributed by atoms with Gasteiger partial charge < -0.3 is 18.9 Å². The van der Waals surface area contributed by atoms with Crippen molar-refractivity contribution in [3.05, 3.63) is 35.4 Å². The Balaban J connectivity index is 2.13. The molecule has 2 atom stereocenters. The minimum absolute atomic E-state index is 0.124. The SMILES string of the molecule is CCOC(=O)/C=C/c1ccc(OC)cc1[C@@H](C)OC[C@H]1CO1. The predicted molar refractivity (Wildman–Crippen MR) is 82.8 cm³/mol. The Labute approximate surface area is 130 Å². The van der Waals surface area contributed by atoms with Crippen molar-refractivity contribution in [3.63, 3.8) is 0 Å². The van der Waals surface area contributed by atoms with E-state index in [1.807, 2.05) is 25.1 Å². The third kappa shape index (κ3) is 4.86. The highest BCUT2D eigenvalue weighted by molar-refractivity contribution is 5.87. The van der Waals surface area contributed by atoms with E-state index in [0.717, 1.165) is 23.5 Å². The van der Waals surface area contributed by atoms with Crippen LogP contribution in [0.2, 0.25) is 0 Å². The molecule has 5 heteroatoms. The molecule has 22 heavy (non-hydrogen) atoms. The van der Waals surface area contributed by atoms with Crippen LogP contribution in [0.15, 0.2) is 24.3 Å². The first-order chi connectivity index (χ1) is 10.6. The Bertz CT molecular complexity index is 534. The lowest BCUT2D eigenvalue weighted by molar-refractivity contribution is -0.137. The molecule has 1 aliphatic rings. The fourth-order valence-electron chi connectivity index (χ4n) is 2.04. The van der Waals surface area contributed by atoms with Crippen LogP contribution in [0, 0.1) is 0 Å². The normalized spacial score (nSPS) is 18.2. The Kier molecular flexibility index (Phi) is 5.98. The minimum Gasteiger partial charge on any atom is -0.497 e. The zero-order valence-electron chi connectivity index (χ0n) is 13.2. The molecular weight excluding hydrogens is 284 g/mol. The van der Waals surface area contributed by atoms with Gasteiger partial charge in [-0.2, -0.15) is 0 Å². The molecule has 0 N–H and O–H groups in total. The molecule has 120 valence electrons. The van der Waals surface area contributed by atoms with Gasteiger partial charge in [0.1, 0.15) is 11.9 Å². The van der Waals surface area contributed by atoms with E-state index in [2.05, 4.69) is 0 Å². The summed E-state index contributed by atoms with van der Waals surface area (Å²) in [6.45, 7) is 5.44. The first kappa shape index (κ1) is 16.5. The van der Waals surface area contributed by atoms with Gasteiger partial charge in [-0.15, -0.1) is 0 Å². The molecule has 0 saturated carbocycles. The first-order valence-electron chi connectivity index (χ1n) is 7.40. The fourth-order valence-corrected chi connectivity index (χ4v) is 2.04. The van der Waals surface area contributed by atoms with Gasteiger partial charge in [-0.05, 0) is 43.2 Å². The van der Waals surface area contributed by atoms with Crippen LogP contribution in [0.25, 0.3) is 6.08 Å². The summed E-state index contributed by atoms with van der Waals surface area (Å²) in [6, 6.07) is 5.67. The summed E-state index contributed by atoms with van der Waals surface area (Å²) in [5.41, 5.74) is 1.86. The van der Waals surface area contributed by atoms with Crippen molar-refractivity contribution in [2.45, 2.75) is 26.1 Å². The summed E-state index contributed by atoms with van der Waals surface area (Å²) in [5.74, 6) is 0.394. The molecule has 2 rings (SSSR count). The summed E-state index contributed by atoms with van der Waals surface area (Å²) >= 11 is 0. The molecule has 5 nitrogen and oxygen atoms in total. The fraction of sp³-hybridized carbons (Fsp3) is 0.471. The van der Waals surface area contributed by atoms with Gasteiger partial charge in [-0.25, -0.2) is 4.79 Å². The average molecular weight is 306 g/mol. The largest absolute Gasteiger partial charge is 0.497 e. The van der Waals surface area contributed by atoms with Crippen molar-refractivity contribution >= 4 is 12.0 Å². The van der Waals surface area contributed by atoms with E-state index >= 15 is 0 Å². The number of carbonyl (C=O) groups is 1. The van der Waals surface area contributed by atoms with Crippen LogP contribution in [-0.2, 0) is 19.0 Å². The van der Waals surface area contributed by atoms with E-state index in [9.17, 15) is 4.79 Å². The second-order valence-electron chi connectivity index (χ2n) is 5.01. The number of esters is 1. The maximum atomic E-state index is 11.5. The van der Waals surface area contributed by atoms with Crippen LogP contribution in [0.3, 0.4) is 0 Å². The molecule has 1 fully saturated rings. The van der Waals surface area contributed by atoms with Crippen LogP contribution >= 0.6 is 0 Å². The summed E-state index contributed by atoms with van der Waals surface area (Å²) in [6.07, 6.45) is 3.25. The molecule has 0 amide bonds. The summed E-state index contributed by atoms with van der Waals surface area (Å²) < 4.78 is 21.1. The first-order valence-corrected chi connectivity index (χ1v) is 7.40. The number of ether oxygens (including phenoxy) is 4. The second kappa shape index (κ2) is 7.96. The van der Waals surface area contributed by atoms with Crippen molar-refractivity contribution < 1.29 is 23.7 Å². The predicted octanol–water partition coefficient (Wildman–Crippen LogP) is 2.75. The van der Waals surface area contributed by atoms with Gasteiger partial charge in [0, 0.05) is 6.08 Å². The van der Waals surface area contributed by atoms with E-state index in [0.29, 0.717) is 13.2 Å². The van der Waals surface area contributed by atoms with Crippen LogP contribution in [0.5, 0.6) is 5.75 Å². The number of methoxy groups -OCH3 is 1. The van der Waals surface area contributed by atoms with E-state index in [4.69, 9.17) is 18.9 Å². The molecular formula is C17H22O5. The van der Waals surface area contributed by atoms with Crippen molar-refractivity contribution in [2.75, 3.05) is 26.9 Å². The summed E-state index contributed by atoms with van der Waals surface area (Å²) in [5, 5.41) is 0. The number of benzene rings is 1. The van der Waals surface area contributed by atoms with Gasteiger partial charge in [-0.3, -0.25) is 0 Å². The molecule has 0 bridgehead atoms.